The highest BCUT2D eigenvalue weighted by Crippen LogP contribution is 2.21. The maximum Gasteiger partial charge on any atom is 0.255 e. The second-order valence-corrected chi connectivity index (χ2v) is 7.44. The minimum atomic E-state index is -0.196. The summed E-state index contributed by atoms with van der Waals surface area (Å²) in [6.07, 6.45) is 1.06. The Morgan fingerprint density at radius 3 is 2.31 bits per heavy atom. The van der Waals surface area contributed by atoms with Gasteiger partial charge in [0.15, 0.2) is 0 Å². The minimum absolute atomic E-state index is 0.137. The van der Waals surface area contributed by atoms with E-state index in [0.717, 1.165) is 29.1 Å². The second-order valence-electron chi connectivity index (χ2n) is 7.44. The molecule has 1 atom stereocenters. The molecule has 7 nitrogen and oxygen atoms in total. The van der Waals surface area contributed by atoms with Crippen molar-refractivity contribution in [2.45, 2.75) is 33.3 Å². The van der Waals surface area contributed by atoms with Gasteiger partial charge in [0, 0.05) is 11.3 Å². The summed E-state index contributed by atoms with van der Waals surface area (Å²) in [5.74, 6) is 1.36. The number of carbonyl (C=O) groups is 1. The summed E-state index contributed by atoms with van der Waals surface area (Å²) in [7, 11) is 0. The molecule has 1 N–H and O–H groups in total. The molecule has 164 valence electrons. The van der Waals surface area contributed by atoms with Gasteiger partial charge >= 0.3 is 0 Å². The normalized spacial score (nSPS) is 11.8. The zero-order chi connectivity index (χ0) is 22.5. The van der Waals surface area contributed by atoms with Crippen molar-refractivity contribution in [3.8, 4) is 17.2 Å². The number of nitrogens with one attached hydrogen (secondary N) is 1. The van der Waals surface area contributed by atoms with E-state index in [9.17, 15) is 4.79 Å². The van der Waals surface area contributed by atoms with Crippen LogP contribution in [0.1, 0.15) is 37.6 Å². The van der Waals surface area contributed by atoms with Crippen LogP contribution in [0.3, 0.4) is 0 Å². The van der Waals surface area contributed by atoms with Gasteiger partial charge in [-0.3, -0.25) is 4.79 Å². The van der Waals surface area contributed by atoms with Crippen LogP contribution in [0.15, 0.2) is 66.7 Å². The Kier molecular flexibility index (Phi) is 6.35. The lowest BCUT2D eigenvalue weighted by molar-refractivity contribution is 0.102. The van der Waals surface area contributed by atoms with Crippen LogP contribution in [-0.2, 0) is 0 Å². The summed E-state index contributed by atoms with van der Waals surface area (Å²) < 4.78 is 11.2. The first-order chi connectivity index (χ1) is 15.6. The SMILES string of the molecule is CCOc1ccc(-n2nc3ccc(NC(=O)c4ccc(O[C@@H](C)CC)cc4)cc3n2)cc1. The second kappa shape index (κ2) is 9.51. The molecule has 4 rings (SSSR count). The summed E-state index contributed by atoms with van der Waals surface area (Å²) in [6, 6.07) is 20.2. The summed E-state index contributed by atoms with van der Waals surface area (Å²) in [5, 5.41) is 12.0. The molecule has 0 aliphatic rings. The van der Waals surface area contributed by atoms with Crippen LogP contribution in [0.5, 0.6) is 11.5 Å². The highest BCUT2D eigenvalue weighted by molar-refractivity contribution is 6.05. The Bertz CT molecular complexity index is 1200. The van der Waals surface area contributed by atoms with E-state index in [2.05, 4.69) is 22.4 Å². The van der Waals surface area contributed by atoms with Crippen LogP contribution in [0.25, 0.3) is 16.7 Å². The van der Waals surface area contributed by atoms with Crippen LogP contribution in [-0.4, -0.2) is 33.6 Å². The van der Waals surface area contributed by atoms with Crippen LogP contribution in [0, 0.1) is 0 Å². The number of benzene rings is 3. The lowest BCUT2D eigenvalue weighted by Crippen LogP contribution is -2.12. The smallest absolute Gasteiger partial charge is 0.255 e. The van der Waals surface area contributed by atoms with Gasteiger partial charge in [0.2, 0.25) is 0 Å². The van der Waals surface area contributed by atoms with Crippen molar-refractivity contribution in [3.05, 3.63) is 72.3 Å². The van der Waals surface area contributed by atoms with Crippen molar-refractivity contribution in [3.63, 3.8) is 0 Å². The highest BCUT2D eigenvalue weighted by Gasteiger charge is 2.10. The third-order valence-corrected chi connectivity index (χ3v) is 5.05. The van der Waals surface area contributed by atoms with Crippen molar-refractivity contribution in [2.24, 2.45) is 0 Å². The molecule has 1 amide bonds. The monoisotopic (exact) mass is 430 g/mol. The molecule has 0 bridgehead atoms. The van der Waals surface area contributed by atoms with E-state index in [0.29, 0.717) is 23.4 Å². The lowest BCUT2D eigenvalue weighted by Gasteiger charge is -2.12. The van der Waals surface area contributed by atoms with Gasteiger partial charge in [-0.05, 0) is 87.0 Å². The number of anilines is 1. The lowest BCUT2D eigenvalue weighted by atomic mass is 10.2. The van der Waals surface area contributed by atoms with Gasteiger partial charge in [0.1, 0.15) is 22.5 Å². The van der Waals surface area contributed by atoms with Crippen molar-refractivity contribution in [1.29, 1.82) is 0 Å². The summed E-state index contributed by atoms with van der Waals surface area (Å²) in [6.45, 7) is 6.65. The molecule has 1 heterocycles. The molecule has 0 aliphatic heterocycles. The maximum atomic E-state index is 12.6. The molecule has 0 unspecified atom stereocenters. The van der Waals surface area contributed by atoms with Gasteiger partial charge in [-0.2, -0.15) is 4.80 Å². The highest BCUT2D eigenvalue weighted by atomic mass is 16.5. The molecule has 0 spiro atoms. The molecule has 0 aliphatic carbocycles. The van der Waals surface area contributed by atoms with Gasteiger partial charge in [0.05, 0.1) is 18.4 Å². The summed E-state index contributed by atoms with van der Waals surface area (Å²) in [4.78, 5) is 14.2. The van der Waals surface area contributed by atoms with E-state index in [-0.39, 0.29) is 12.0 Å². The number of carbonyl (C=O) groups excluding carboxylic acids is 1. The van der Waals surface area contributed by atoms with Gasteiger partial charge in [-0.25, -0.2) is 0 Å². The third kappa shape index (κ3) is 4.88. The van der Waals surface area contributed by atoms with Gasteiger partial charge in [-0.1, -0.05) is 6.92 Å². The Morgan fingerprint density at radius 1 is 0.938 bits per heavy atom. The molecule has 3 aromatic carbocycles. The molecule has 0 fully saturated rings. The van der Waals surface area contributed by atoms with Crippen LogP contribution in [0.2, 0.25) is 0 Å². The maximum absolute atomic E-state index is 12.6. The molecule has 32 heavy (non-hydrogen) atoms. The molecule has 4 aromatic rings. The number of aromatic nitrogens is 3. The fraction of sp³-hybridized carbons (Fsp3) is 0.240. The number of ether oxygens (including phenoxy) is 2. The molecule has 0 saturated heterocycles. The Balaban J connectivity index is 1.47. The first-order valence-electron chi connectivity index (χ1n) is 10.7. The fourth-order valence-corrected chi connectivity index (χ4v) is 3.15. The quantitative estimate of drug-likeness (QED) is 0.413. The number of nitrogens with zero attached hydrogens (tertiary/aromatic N) is 3. The molecule has 0 saturated carbocycles. The minimum Gasteiger partial charge on any atom is -0.494 e. The average Bonchev–Trinajstić information content (AvgIpc) is 3.23. The van der Waals surface area contributed by atoms with Crippen molar-refractivity contribution in [2.75, 3.05) is 11.9 Å². The van der Waals surface area contributed by atoms with Crippen molar-refractivity contribution >= 4 is 22.6 Å². The Hall–Kier alpha value is -3.87. The molecule has 1 aromatic heterocycles. The summed E-state index contributed by atoms with van der Waals surface area (Å²) in [5.41, 5.74) is 3.47. The molecule has 0 radical (unpaired) electrons. The predicted molar refractivity (Wildman–Crippen MR) is 125 cm³/mol. The van der Waals surface area contributed by atoms with Crippen molar-refractivity contribution in [1.82, 2.24) is 15.0 Å². The Morgan fingerprint density at radius 2 is 1.62 bits per heavy atom. The zero-order valence-corrected chi connectivity index (χ0v) is 18.4. The van der Waals surface area contributed by atoms with Gasteiger partial charge in [-0.15, -0.1) is 10.2 Å². The fourth-order valence-electron chi connectivity index (χ4n) is 3.15. The van der Waals surface area contributed by atoms with Crippen LogP contribution in [0.4, 0.5) is 5.69 Å². The standard InChI is InChI=1S/C25H26N4O3/c1-4-17(3)32-22-11-6-18(7-12-22)25(30)26-19-8-15-23-24(16-19)28-29(27-23)20-9-13-21(14-10-20)31-5-2/h6-17H,4-5H2,1-3H3,(H,26,30)/t17-/m0/s1. The number of amides is 1. The van der Waals surface area contributed by atoms with E-state index in [1.54, 1.807) is 16.9 Å². The van der Waals surface area contributed by atoms with E-state index in [1.165, 1.54) is 0 Å². The molecular formula is C25H26N4O3. The molecular weight excluding hydrogens is 404 g/mol. The van der Waals surface area contributed by atoms with E-state index >= 15 is 0 Å². The van der Waals surface area contributed by atoms with Gasteiger partial charge < -0.3 is 14.8 Å². The van der Waals surface area contributed by atoms with Crippen molar-refractivity contribution < 1.29 is 14.3 Å². The van der Waals surface area contributed by atoms with E-state index < -0.39 is 0 Å². The number of rotatable bonds is 8. The van der Waals surface area contributed by atoms with E-state index in [4.69, 9.17) is 9.47 Å². The summed E-state index contributed by atoms with van der Waals surface area (Å²) >= 11 is 0. The number of hydrogen-bond acceptors (Lipinski definition) is 5. The predicted octanol–water partition coefficient (Wildman–Crippen LogP) is 5.25. The largest absolute Gasteiger partial charge is 0.494 e. The zero-order valence-electron chi connectivity index (χ0n) is 18.4. The Labute approximate surface area is 187 Å². The topological polar surface area (TPSA) is 78.3 Å². The van der Waals surface area contributed by atoms with Crippen LogP contribution >= 0.6 is 0 Å². The molecule has 7 heteroatoms. The van der Waals surface area contributed by atoms with Crippen LogP contribution < -0.4 is 14.8 Å². The van der Waals surface area contributed by atoms with Gasteiger partial charge in [0.25, 0.3) is 5.91 Å². The third-order valence-electron chi connectivity index (χ3n) is 5.05. The number of fused-ring (bicyclic) bond motifs is 1. The number of hydrogen-bond donors (Lipinski definition) is 1. The first kappa shape index (κ1) is 21.4. The van der Waals surface area contributed by atoms with E-state index in [1.807, 2.05) is 68.4 Å². The first-order valence-corrected chi connectivity index (χ1v) is 10.7. The average molecular weight is 431 g/mol.